The van der Waals surface area contributed by atoms with Crippen molar-refractivity contribution < 1.29 is 27.1 Å². The Bertz CT molecular complexity index is 1730. The van der Waals surface area contributed by atoms with Crippen LogP contribution in [0.25, 0.3) is 0 Å². The van der Waals surface area contributed by atoms with Crippen molar-refractivity contribution in [2.45, 2.75) is 55.6 Å². The van der Waals surface area contributed by atoms with Crippen LogP contribution in [0.5, 0.6) is 5.75 Å². The first-order valence-electron chi connectivity index (χ1n) is 15.3. The second kappa shape index (κ2) is 16.5. The minimum atomic E-state index is -4.30. The smallest absolute Gasteiger partial charge is 0.264 e. The number of ether oxygens (including phenoxy) is 1. The molecular weight excluding hydrogens is 638 g/mol. The molecule has 47 heavy (non-hydrogen) atoms. The van der Waals surface area contributed by atoms with Gasteiger partial charge in [-0.15, -0.1) is 11.8 Å². The zero-order valence-corrected chi connectivity index (χ0v) is 28.6. The fraction of sp³-hybridized carbons (Fsp3) is 0.278. The highest BCUT2D eigenvalue weighted by Crippen LogP contribution is 2.33. The van der Waals surface area contributed by atoms with Gasteiger partial charge in [0.1, 0.15) is 24.2 Å². The number of amides is 2. The lowest BCUT2D eigenvalue weighted by Gasteiger charge is -2.34. The second-order valence-electron chi connectivity index (χ2n) is 11.1. The van der Waals surface area contributed by atoms with Crippen molar-refractivity contribution in [1.29, 1.82) is 0 Å². The quantitative estimate of drug-likeness (QED) is 0.148. The summed E-state index contributed by atoms with van der Waals surface area (Å²) in [6.45, 7) is 5.01. The highest BCUT2D eigenvalue weighted by molar-refractivity contribution is 7.98. The predicted molar refractivity (Wildman–Crippen MR) is 185 cm³/mol. The van der Waals surface area contributed by atoms with E-state index in [-0.39, 0.29) is 41.9 Å². The summed E-state index contributed by atoms with van der Waals surface area (Å²) in [7, 11) is -4.30. The molecule has 0 saturated heterocycles. The normalized spacial score (nSPS) is 12.0. The second-order valence-corrected chi connectivity index (χ2v) is 13.8. The van der Waals surface area contributed by atoms with Gasteiger partial charge in [0.25, 0.3) is 10.0 Å². The molecule has 0 fully saturated rings. The molecule has 1 N–H and O–H groups in total. The molecule has 4 rings (SSSR count). The topological polar surface area (TPSA) is 96.0 Å². The number of hydrogen-bond donors (Lipinski definition) is 1. The van der Waals surface area contributed by atoms with Crippen LogP contribution in [0.15, 0.2) is 113 Å². The first kappa shape index (κ1) is 35.5. The zero-order valence-electron chi connectivity index (χ0n) is 26.9. The van der Waals surface area contributed by atoms with E-state index in [0.717, 1.165) is 14.8 Å². The van der Waals surface area contributed by atoms with Crippen molar-refractivity contribution >= 4 is 39.3 Å². The van der Waals surface area contributed by atoms with Crippen LogP contribution in [0.4, 0.5) is 10.1 Å². The average molecular weight is 678 g/mol. The molecule has 0 bridgehead atoms. The molecule has 11 heteroatoms. The minimum Gasteiger partial charge on any atom is -0.492 e. The summed E-state index contributed by atoms with van der Waals surface area (Å²) < 4.78 is 49.4. The number of hydrogen-bond acceptors (Lipinski definition) is 6. The van der Waals surface area contributed by atoms with Gasteiger partial charge in [-0.05, 0) is 86.7 Å². The number of anilines is 1. The minimum absolute atomic E-state index is 0.00197. The van der Waals surface area contributed by atoms with Crippen LogP contribution in [-0.2, 0) is 32.6 Å². The largest absolute Gasteiger partial charge is 0.492 e. The molecule has 0 aliphatic heterocycles. The van der Waals surface area contributed by atoms with Gasteiger partial charge in [-0.3, -0.25) is 13.9 Å². The lowest BCUT2D eigenvalue weighted by atomic mass is 10.0. The Morgan fingerprint density at radius 1 is 0.872 bits per heavy atom. The van der Waals surface area contributed by atoms with Crippen molar-refractivity contribution in [3.05, 3.63) is 120 Å². The van der Waals surface area contributed by atoms with E-state index in [1.807, 2.05) is 50.4 Å². The molecule has 4 aromatic rings. The van der Waals surface area contributed by atoms with Crippen LogP contribution in [0, 0.1) is 5.82 Å². The van der Waals surface area contributed by atoms with Gasteiger partial charge >= 0.3 is 0 Å². The number of nitrogens with zero attached hydrogens (tertiary/aromatic N) is 2. The lowest BCUT2D eigenvalue weighted by molar-refractivity contribution is -0.140. The number of nitrogens with one attached hydrogen (secondary N) is 1. The van der Waals surface area contributed by atoms with Gasteiger partial charge in [-0.2, -0.15) is 0 Å². The number of thioether (sulfide) groups is 1. The van der Waals surface area contributed by atoms with Crippen LogP contribution >= 0.6 is 11.8 Å². The van der Waals surface area contributed by atoms with E-state index in [1.165, 1.54) is 40.9 Å². The van der Waals surface area contributed by atoms with E-state index >= 15 is 0 Å². The average Bonchev–Trinajstić information content (AvgIpc) is 3.06. The number of benzene rings is 4. The molecule has 1 unspecified atom stereocenters. The van der Waals surface area contributed by atoms with E-state index in [9.17, 15) is 22.4 Å². The molecule has 2 amide bonds. The van der Waals surface area contributed by atoms with E-state index in [1.54, 1.807) is 55.5 Å². The number of carbonyl (C=O) groups is 2. The molecule has 0 saturated carbocycles. The number of sulfonamides is 1. The molecule has 0 spiro atoms. The van der Waals surface area contributed by atoms with E-state index in [0.29, 0.717) is 5.56 Å². The standard InChI is InChI=1S/C36H40FN3O5S2/c1-5-45-34-14-10-9-13-32(34)40(47(43,44)31-21-19-30(46-4)20-22-31)25-35(41)39(24-28-15-17-29(37)18-16-28)33(36(42)38-26(2)3)23-27-11-7-6-8-12-27/h6-22,26,33H,5,23-25H2,1-4H3,(H,38,42). The fourth-order valence-corrected chi connectivity index (χ4v) is 6.88. The first-order valence-corrected chi connectivity index (χ1v) is 18.0. The van der Waals surface area contributed by atoms with Gasteiger partial charge < -0.3 is 15.0 Å². The Kier molecular flexibility index (Phi) is 12.4. The van der Waals surface area contributed by atoms with Crippen molar-refractivity contribution in [1.82, 2.24) is 10.2 Å². The fourth-order valence-electron chi connectivity index (χ4n) is 5.05. The molecule has 0 aromatic heterocycles. The van der Waals surface area contributed by atoms with Gasteiger partial charge in [0.15, 0.2) is 0 Å². The third-order valence-electron chi connectivity index (χ3n) is 7.33. The molecule has 0 heterocycles. The van der Waals surface area contributed by atoms with E-state index < -0.39 is 40.2 Å². The number of carbonyl (C=O) groups excluding carboxylic acids is 2. The summed E-state index contributed by atoms with van der Waals surface area (Å²) in [4.78, 5) is 30.6. The molecule has 248 valence electrons. The van der Waals surface area contributed by atoms with Crippen molar-refractivity contribution in [2.24, 2.45) is 0 Å². The van der Waals surface area contributed by atoms with E-state index in [2.05, 4.69) is 5.32 Å². The number of rotatable bonds is 15. The Morgan fingerprint density at radius 2 is 1.51 bits per heavy atom. The Balaban J connectivity index is 1.84. The molecule has 0 aliphatic rings. The third kappa shape index (κ3) is 9.36. The van der Waals surface area contributed by atoms with Gasteiger partial charge in [-0.1, -0.05) is 54.6 Å². The summed E-state index contributed by atoms with van der Waals surface area (Å²) in [6.07, 6.45) is 2.06. The maximum absolute atomic E-state index is 14.6. The van der Waals surface area contributed by atoms with Crippen LogP contribution in [0.1, 0.15) is 31.9 Å². The summed E-state index contributed by atoms with van der Waals surface area (Å²) in [6, 6.07) is 26.8. The highest BCUT2D eigenvalue weighted by Gasteiger charge is 2.35. The predicted octanol–water partition coefficient (Wildman–Crippen LogP) is 6.31. The monoisotopic (exact) mass is 677 g/mol. The zero-order chi connectivity index (χ0) is 34.0. The van der Waals surface area contributed by atoms with E-state index in [4.69, 9.17) is 4.74 Å². The Morgan fingerprint density at radius 3 is 2.13 bits per heavy atom. The van der Waals surface area contributed by atoms with Crippen LogP contribution in [-0.4, -0.2) is 56.6 Å². The SMILES string of the molecule is CCOc1ccccc1N(CC(=O)N(Cc1ccc(F)cc1)C(Cc1ccccc1)C(=O)NC(C)C)S(=O)(=O)c1ccc(SC)cc1. The summed E-state index contributed by atoms with van der Waals surface area (Å²) in [5.41, 5.74) is 1.57. The summed E-state index contributed by atoms with van der Waals surface area (Å²) in [5, 5.41) is 2.92. The van der Waals surface area contributed by atoms with Crippen LogP contribution < -0.4 is 14.4 Å². The molecule has 4 aromatic carbocycles. The third-order valence-corrected chi connectivity index (χ3v) is 9.85. The van der Waals surface area contributed by atoms with Crippen molar-refractivity contribution in [3.8, 4) is 5.75 Å². The molecule has 8 nitrogen and oxygen atoms in total. The van der Waals surface area contributed by atoms with Gasteiger partial charge in [0.2, 0.25) is 11.8 Å². The highest BCUT2D eigenvalue weighted by atomic mass is 32.2. The van der Waals surface area contributed by atoms with Gasteiger partial charge in [0.05, 0.1) is 17.2 Å². The summed E-state index contributed by atoms with van der Waals surface area (Å²) in [5.74, 6) is -1.17. The maximum Gasteiger partial charge on any atom is 0.264 e. The van der Waals surface area contributed by atoms with Gasteiger partial charge in [0, 0.05) is 23.9 Å². The molecular formula is C36H40FN3O5S2. The molecule has 0 aliphatic carbocycles. The number of para-hydroxylation sites is 2. The Labute approximate surface area is 281 Å². The molecule has 0 radical (unpaired) electrons. The van der Waals surface area contributed by atoms with Crippen LogP contribution in [0.2, 0.25) is 0 Å². The summed E-state index contributed by atoms with van der Waals surface area (Å²) >= 11 is 1.48. The van der Waals surface area contributed by atoms with Gasteiger partial charge in [-0.25, -0.2) is 12.8 Å². The number of halogens is 1. The first-order chi connectivity index (χ1) is 22.5. The Hall–Kier alpha value is -4.35. The maximum atomic E-state index is 14.6. The van der Waals surface area contributed by atoms with Crippen molar-refractivity contribution in [3.63, 3.8) is 0 Å². The van der Waals surface area contributed by atoms with Crippen molar-refractivity contribution in [2.75, 3.05) is 23.7 Å². The van der Waals surface area contributed by atoms with Crippen LogP contribution in [0.3, 0.4) is 0 Å². The molecule has 1 atom stereocenters. The lowest BCUT2D eigenvalue weighted by Crippen LogP contribution is -2.54.